The lowest BCUT2D eigenvalue weighted by molar-refractivity contribution is -0.0412. The first-order valence-electron chi connectivity index (χ1n) is 11.3. The molecule has 0 N–H and O–H groups in total. The molecule has 0 saturated heterocycles. The van der Waals surface area contributed by atoms with Gasteiger partial charge >= 0.3 is 0 Å². The van der Waals surface area contributed by atoms with Gasteiger partial charge < -0.3 is 0 Å². The van der Waals surface area contributed by atoms with E-state index < -0.39 is 0 Å². The van der Waals surface area contributed by atoms with Crippen LogP contribution in [0.15, 0.2) is 35.4 Å². The van der Waals surface area contributed by atoms with Gasteiger partial charge in [-0.25, -0.2) is 4.39 Å². The van der Waals surface area contributed by atoms with E-state index in [1.165, 1.54) is 57.1 Å². The SMILES string of the molecule is CC1=C2CC[C@H]3[C@H]4CC[C@H](C(=O)c5ccc(F)cc5)[C@]4(C)CC[C@@H]3[C@]2(C)CC1. The van der Waals surface area contributed by atoms with Crippen molar-refractivity contribution in [3.05, 3.63) is 46.8 Å². The molecule has 3 fully saturated rings. The quantitative estimate of drug-likeness (QED) is 0.400. The van der Waals surface area contributed by atoms with E-state index >= 15 is 0 Å². The van der Waals surface area contributed by atoms with E-state index in [0.717, 1.165) is 18.3 Å². The largest absolute Gasteiger partial charge is 0.294 e. The number of hydrogen-bond acceptors (Lipinski definition) is 1. The fourth-order valence-corrected chi connectivity index (χ4v) is 8.18. The summed E-state index contributed by atoms with van der Waals surface area (Å²) in [5.41, 5.74) is 4.70. The van der Waals surface area contributed by atoms with Crippen LogP contribution in [0.5, 0.6) is 0 Å². The van der Waals surface area contributed by atoms with Crippen LogP contribution in [-0.2, 0) is 0 Å². The molecule has 2 heteroatoms. The highest BCUT2D eigenvalue weighted by molar-refractivity contribution is 5.98. The van der Waals surface area contributed by atoms with Gasteiger partial charge in [-0.1, -0.05) is 25.0 Å². The van der Waals surface area contributed by atoms with E-state index in [-0.39, 0.29) is 22.9 Å². The van der Waals surface area contributed by atoms with Crippen LogP contribution in [0.3, 0.4) is 0 Å². The molecular formula is C26H33FO. The molecule has 6 atom stereocenters. The zero-order valence-electron chi connectivity index (χ0n) is 17.6. The molecule has 0 bridgehead atoms. The Labute approximate surface area is 168 Å². The predicted molar refractivity (Wildman–Crippen MR) is 111 cm³/mol. The Morgan fingerprint density at radius 2 is 1.71 bits per heavy atom. The second-order valence-corrected chi connectivity index (χ2v) is 10.6. The van der Waals surface area contributed by atoms with Crippen LogP contribution in [-0.4, -0.2) is 5.78 Å². The third-order valence-electron chi connectivity index (χ3n) is 9.65. The average Bonchev–Trinajstić information content (AvgIpc) is 3.18. The number of ketones is 1. The summed E-state index contributed by atoms with van der Waals surface area (Å²) in [4.78, 5) is 13.3. The van der Waals surface area contributed by atoms with Crippen LogP contribution in [0.25, 0.3) is 0 Å². The normalized spacial score (nSPS) is 42.1. The molecular weight excluding hydrogens is 347 g/mol. The topological polar surface area (TPSA) is 17.1 Å². The molecule has 1 aromatic rings. The van der Waals surface area contributed by atoms with Crippen LogP contribution in [0.4, 0.5) is 4.39 Å². The number of fused-ring (bicyclic) bond motifs is 5. The van der Waals surface area contributed by atoms with Crippen molar-refractivity contribution in [3.8, 4) is 0 Å². The lowest BCUT2D eigenvalue weighted by Crippen LogP contribution is -2.49. The molecule has 4 aliphatic rings. The standard InChI is InChI=1S/C26H33FO/c1-16-12-14-25(2)20(16)9-8-19-21-10-11-23(26(21,3)15-13-22(19)25)24(28)17-4-6-18(27)7-5-17/h4-7,19,21-23H,8-15H2,1-3H3/t19-,21+,22-,23+,25+,26+/m0/s1. The summed E-state index contributed by atoms with van der Waals surface area (Å²) in [7, 11) is 0. The van der Waals surface area contributed by atoms with Gasteiger partial charge in [-0.05, 0) is 111 Å². The van der Waals surface area contributed by atoms with Crippen LogP contribution in [0, 0.1) is 40.3 Å². The summed E-state index contributed by atoms with van der Waals surface area (Å²) in [5.74, 6) is 2.37. The van der Waals surface area contributed by atoms with E-state index in [2.05, 4.69) is 20.8 Å². The van der Waals surface area contributed by atoms with Gasteiger partial charge in [-0.3, -0.25) is 4.79 Å². The summed E-state index contributed by atoms with van der Waals surface area (Å²) in [6.07, 6.45) is 9.91. The molecule has 5 rings (SSSR count). The molecule has 0 aromatic heterocycles. The number of carbonyl (C=O) groups is 1. The second-order valence-electron chi connectivity index (χ2n) is 10.6. The summed E-state index contributed by atoms with van der Waals surface area (Å²) in [6, 6.07) is 6.22. The highest BCUT2D eigenvalue weighted by Gasteiger charge is 2.60. The Morgan fingerprint density at radius 1 is 0.964 bits per heavy atom. The summed E-state index contributed by atoms with van der Waals surface area (Å²) in [6.45, 7) is 7.32. The van der Waals surface area contributed by atoms with Crippen molar-refractivity contribution in [2.24, 2.45) is 34.5 Å². The van der Waals surface area contributed by atoms with Gasteiger partial charge in [0, 0.05) is 11.5 Å². The molecule has 28 heavy (non-hydrogen) atoms. The molecule has 0 heterocycles. The molecule has 0 unspecified atom stereocenters. The zero-order chi connectivity index (χ0) is 19.7. The van der Waals surface area contributed by atoms with Crippen LogP contribution in [0.2, 0.25) is 0 Å². The number of benzene rings is 1. The van der Waals surface area contributed by atoms with Gasteiger partial charge in [0.15, 0.2) is 5.78 Å². The van der Waals surface area contributed by atoms with Crippen molar-refractivity contribution < 1.29 is 9.18 Å². The van der Waals surface area contributed by atoms with E-state index in [0.29, 0.717) is 16.9 Å². The highest BCUT2D eigenvalue weighted by Crippen LogP contribution is 2.68. The van der Waals surface area contributed by atoms with Crippen molar-refractivity contribution in [1.82, 2.24) is 0 Å². The second kappa shape index (κ2) is 6.28. The first kappa shape index (κ1) is 18.6. The van der Waals surface area contributed by atoms with Gasteiger partial charge in [-0.2, -0.15) is 0 Å². The Balaban J connectivity index is 1.43. The number of Topliss-reactive ketones (excluding diaryl/α,β-unsaturated/α-hetero) is 1. The van der Waals surface area contributed by atoms with Crippen molar-refractivity contribution in [1.29, 1.82) is 0 Å². The highest BCUT2D eigenvalue weighted by atomic mass is 19.1. The van der Waals surface area contributed by atoms with Crippen molar-refractivity contribution >= 4 is 5.78 Å². The van der Waals surface area contributed by atoms with Gasteiger partial charge in [0.2, 0.25) is 0 Å². The maximum Gasteiger partial charge on any atom is 0.166 e. The van der Waals surface area contributed by atoms with Crippen molar-refractivity contribution in [2.45, 2.75) is 72.1 Å². The summed E-state index contributed by atoms with van der Waals surface area (Å²) in [5, 5.41) is 0. The molecule has 0 amide bonds. The lowest BCUT2D eigenvalue weighted by atomic mass is 9.48. The van der Waals surface area contributed by atoms with E-state index in [1.807, 2.05) is 0 Å². The molecule has 0 radical (unpaired) electrons. The Bertz CT molecular complexity index is 836. The van der Waals surface area contributed by atoms with Crippen LogP contribution in [0.1, 0.15) is 82.5 Å². The fraction of sp³-hybridized carbons (Fsp3) is 0.654. The number of allylic oxidation sites excluding steroid dienone is 2. The Kier molecular flexibility index (Phi) is 4.17. The third kappa shape index (κ3) is 2.45. The van der Waals surface area contributed by atoms with Crippen molar-refractivity contribution in [2.75, 3.05) is 0 Å². The van der Waals surface area contributed by atoms with E-state index in [9.17, 15) is 9.18 Å². The minimum Gasteiger partial charge on any atom is -0.294 e. The first-order valence-corrected chi connectivity index (χ1v) is 11.3. The lowest BCUT2D eigenvalue weighted by Gasteiger charge is -2.56. The Hall–Kier alpha value is -1.44. The minimum absolute atomic E-state index is 0.110. The average molecular weight is 381 g/mol. The predicted octanol–water partition coefficient (Wildman–Crippen LogP) is 6.98. The number of halogens is 1. The van der Waals surface area contributed by atoms with Gasteiger partial charge in [-0.15, -0.1) is 0 Å². The minimum atomic E-state index is -0.265. The molecule has 1 nitrogen and oxygen atoms in total. The number of carbonyl (C=O) groups excluding carboxylic acids is 1. The Morgan fingerprint density at radius 3 is 2.46 bits per heavy atom. The van der Waals surface area contributed by atoms with Crippen LogP contribution >= 0.6 is 0 Å². The number of rotatable bonds is 2. The first-order chi connectivity index (χ1) is 13.3. The van der Waals surface area contributed by atoms with Crippen LogP contribution < -0.4 is 0 Å². The molecule has 150 valence electrons. The van der Waals surface area contributed by atoms with Gasteiger partial charge in [0.1, 0.15) is 5.82 Å². The van der Waals surface area contributed by atoms with Crippen molar-refractivity contribution in [3.63, 3.8) is 0 Å². The molecule has 4 aliphatic carbocycles. The summed E-state index contributed by atoms with van der Waals surface area (Å²) >= 11 is 0. The summed E-state index contributed by atoms with van der Waals surface area (Å²) < 4.78 is 13.3. The smallest absolute Gasteiger partial charge is 0.166 e. The van der Waals surface area contributed by atoms with Gasteiger partial charge in [0.05, 0.1) is 0 Å². The maximum absolute atomic E-state index is 13.3. The number of hydrogen-bond donors (Lipinski definition) is 0. The maximum atomic E-state index is 13.3. The fourth-order valence-electron chi connectivity index (χ4n) is 8.18. The molecule has 0 aliphatic heterocycles. The molecule has 0 spiro atoms. The molecule has 1 aromatic carbocycles. The monoisotopic (exact) mass is 380 g/mol. The van der Waals surface area contributed by atoms with E-state index in [4.69, 9.17) is 0 Å². The molecule has 3 saturated carbocycles. The van der Waals surface area contributed by atoms with Gasteiger partial charge in [0.25, 0.3) is 0 Å². The van der Waals surface area contributed by atoms with E-state index in [1.54, 1.807) is 23.3 Å². The third-order valence-corrected chi connectivity index (χ3v) is 9.65. The zero-order valence-corrected chi connectivity index (χ0v) is 17.6.